The van der Waals surface area contributed by atoms with Gasteiger partial charge in [0.05, 0.1) is 17.4 Å². The molecule has 0 atom stereocenters. The summed E-state index contributed by atoms with van der Waals surface area (Å²) in [7, 11) is 3.46. The molecule has 0 spiro atoms. The third kappa shape index (κ3) is 6.71. The summed E-state index contributed by atoms with van der Waals surface area (Å²) < 4.78 is 39.3. The minimum atomic E-state index is -4.39. The first kappa shape index (κ1) is 25.7. The lowest BCUT2D eigenvalue weighted by atomic mass is 10.3. The highest BCUT2D eigenvalue weighted by molar-refractivity contribution is 14.0. The number of hydrogen-bond donors (Lipinski definition) is 2. The van der Waals surface area contributed by atoms with E-state index in [-0.39, 0.29) is 36.4 Å². The van der Waals surface area contributed by atoms with Crippen molar-refractivity contribution in [2.45, 2.75) is 12.6 Å². The summed E-state index contributed by atoms with van der Waals surface area (Å²) in [5.41, 5.74) is -0.000246. The van der Waals surface area contributed by atoms with Crippen molar-refractivity contribution in [1.82, 2.24) is 25.0 Å². The van der Waals surface area contributed by atoms with Gasteiger partial charge >= 0.3 is 6.18 Å². The third-order valence-corrected chi connectivity index (χ3v) is 4.77. The molecule has 9 nitrogen and oxygen atoms in total. The van der Waals surface area contributed by atoms with Crippen molar-refractivity contribution in [3.05, 3.63) is 36.3 Å². The number of carbonyl (C=O) groups excluding carboxylic acids is 1. The maximum Gasteiger partial charge on any atom is 0.417 e. The molecule has 2 aromatic heterocycles. The Morgan fingerprint density at radius 2 is 2.00 bits per heavy atom. The van der Waals surface area contributed by atoms with E-state index in [1.165, 1.54) is 6.07 Å². The van der Waals surface area contributed by atoms with E-state index in [4.69, 9.17) is 0 Å². The molecule has 0 bridgehead atoms. The second-order valence-corrected chi connectivity index (χ2v) is 7.02. The Hall–Kier alpha value is -2.58. The first-order chi connectivity index (χ1) is 14.8. The third-order valence-electron chi connectivity index (χ3n) is 4.77. The van der Waals surface area contributed by atoms with E-state index in [2.05, 4.69) is 25.7 Å². The monoisotopic (exact) mass is 566 g/mol. The molecule has 0 aliphatic carbocycles. The molecule has 13 heteroatoms. The quantitative estimate of drug-likeness (QED) is 0.241. The summed E-state index contributed by atoms with van der Waals surface area (Å²) in [6.45, 7) is 2.48. The van der Waals surface area contributed by atoms with Gasteiger partial charge in [-0.25, -0.2) is 4.98 Å². The number of aromatic nitrogens is 3. The van der Waals surface area contributed by atoms with Crippen LogP contribution in [0.3, 0.4) is 0 Å². The van der Waals surface area contributed by atoms with E-state index in [1.54, 1.807) is 36.1 Å². The van der Waals surface area contributed by atoms with Crippen molar-refractivity contribution < 1.29 is 18.0 Å². The van der Waals surface area contributed by atoms with Crippen LogP contribution in [0.2, 0.25) is 0 Å². The predicted molar refractivity (Wildman–Crippen MR) is 126 cm³/mol. The van der Waals surface area contributed by atoms with E-state index < -0.39 is 11.7 Å². The van der Waals surface area contributed by atoms with Crippen molar-refractivity contribution in [3.8, 4) is 0 Å². The highest BCUT2D eigenvalue weighted by Crippen LogP contribution is 2.28. The fourth-order valence-electron chi connectivity index (χ4n) is 3.18. The van der Waals surface area contributed by atoms with Crippen molar-refractivity contribution in [2.24, 2.45) is 12.0 Å². The van der Waals surface area contributed by atoms with Crippen LogP contribution in [0, 0.1) is 0 Å². The molecule has 3 heterocycles. The molecule has 0 radical (unpaired) electrons. The largest absolute Gasteiger partial charge is 0.417 e. The fraction of sp³-hybridized carbons (Fsp3) is 0.474. The number of halogens is 4. The highest BCUT2D eigenvalue weighted by Gasteiger charge is 2.30. The van der Waals surface area contributed by atoms with E-state index >= 15 is 0 Å². The first-order valence-electron chi connectivity index (χ1n) is 9.79. The topological polar surface area (TPSA) is 90.7 Å². The van der Waals surface area contributed by atoms with Crippen LogP contribution in [-0.4, -0.2) is 71.3 Å². The minimum Gasteiger partial charge on any atom is -0.370 e. The lowest BCUT2D eigenvalue weighted by Crippen LogP contribution is -2.55. The average molecular weight is 566 g/mol. The number of alkyl halides is 3. The van der Waals surface area contributed by atoms with Crippen molar-refractivity contribution in [3.63, 3.8) is 0 Å². The van der Waals surface area contributed by atoms with E-state index in [0.717, 1.165) is 18.0 Å². The van der Waals surface area contributed by atoms with Gasteiger partial charge in [-0.3, -0.25) is 14.5 Å². The zero-order valence-corrected chi connectivity index (χ0v) is 20.1. The molecular weight excluding hydrogens is 540 g/mol. The molecule has 2 aromatic rings. The number of carbonyl (C=O) groups is 1. The van der Waals surface area contributed by atoms with Gasteiger partial charge in [0.2, 0.25) is 5.91 Å². The van der Waals surface area contributed by atoms with Crippen molar-refractivity contribution >= 4 is 47.3 Å². The first-order valence-corrected chi connectivity index (χ1v) is 9.79. The molecule has 1 saturated heterocycles. The maximum atomic E-state index is 12.6. The maximum absolute atomic E-state index is 12.6. The van der Waals surface area contributed by atoms with Crippen molar-refractivity contribution in [2.75, 3.05) is 50.0 Å². The van der Waals surface area contributed by atoms with Gasteiger partial charge in [-0.1, -0.05) is 0 Å². The van der Waals surface area contributed by atoms with Gasteiger partial charge in [0.1, 0.15) is 12.4 Å². The number of nitrogens with one attached hydrogen (secondary N) is 2. The second kappa shape index (κ2) is 11.3. The smallest absolute Gasteiger partial charge is 0.370 e. The minimum absolute atomic E-state index is 0. The molecule has 1 aliphatic rings. The molecule has 32 heavy (non-hydrogen) atoms. The zero-order valence-electron chi connectivity index (χ0n) is 17.8. The van der Waals surface area contributed by atoms with Gasteiger partial charge in [0.25, 0.3) is 0 Å². The number of anilines is 2. The van der Waals surface area contributed by atoms with Gasteiger partial charge in [0, 0.05) is 52.7 Å². The molecule has 176 valence electrons. The lowest BCUT2D eigenvalue weighted by Gasteiger charge is -2.35. The Kier molecular flexibility index (Phi) is 9.09. The lowest BCUT2D eigenvalue weighted by molar-refractivity contribution is -0.137. The molecule has 0 unspecified atom stereocenters. The van der Waals surface area contributed by atoms with E-state index in [0.29, 0.717) is 44.4 Å². The number of aliphatic imine (C=N–C) groups is 1. The van der Waals surface area contributed by atoms with Gasteiger partial charge in [0.15, 0.2) is 5.96 Å². The van der Waals surface area contributed by atoms with Crippen LogP contribution in [0.4, 0.5) is 24.7 Å². The summed E-state index contributed by atoms with van der Waals surface area (Å²) in [4.78, 5) is 24.1. The molecule has 1 amide bonds. The summed E-state index contributed by atoms with van der Waals surface area (Å²) in [5.74, 6) is 0.985. The SMILES string of the molecule is CN=C(NCCCNc1ccc(C(F)(F)F)cn1)N1CCN(c2cnn(C)c2)C(=O)C1.I. The Balaban J connectivity index is 0.00000363. The van der Waals surface area contributed by atoms with Crippen LogP contribution in [-0.2, 0) is 18.0 Å². The van der Waals surface area contributed by atoms with Crippen LogP contribution in [0.25, 0.3) is 0 Å². The molecular formula is C19H26F3IN8O. The van der Waals surface area contributed by atoms with Crippen LogP contribution in [0.15, 0.2) is 35.7 Å². The Labute approximate surface area is 201 Å². The van der Waals surface area contributed by atoms with Crippen molar-refractivity contribution in [1.29, 1.82) is 0 Å². The molecule has 0 aromatic carbocycles. The number of pyridine rings is 1. The molecule has 1 aliphatic heterocycles. The summed E-state index contributed by atoms with van der Waals surface area (Å²) in [6, 6.07) is 2.31. The number of nitrogens with zero attached hydrogens (tertiary/aromatic N) is 6. The van der Waals surface area contributed by atoms with Gasteiger partial charge in [-0.05, 0) is 18.6 Å². The normalized spacial score (nSPS) is 14.9. The van der Waals surface area contributed by atoms with Gasteiger partial charge < -0.3 is 20.4 Å². The standard InChI is InChI=1S/C19H25F3N8O.HI/c1-23-18(29-8-9-30(17(31)13-29)15-11-27-28(2)12-15)25-7-3-6-24-16-5-4-14(10-26-16)19(20,21)22;/h4-5,10-12H,3,6-9,13H2,1-2H3,(H,23,25)(H,24,26);1H. The average Bonchev–Trinajstić information content (AvgIpc) is 3.16. The molecule has 3 rings (SSSR count). The van der Waals surface area contributed by atoms with E-state index in [1.807, 2.05) is 4.90 Å². The number of hydrogen-bond acceptors (Lipinski definition) is 5. The highest BCUT2D eigenvalue weighted by atomic mass is 127. The zero-order chi connectivity index (χ0) is 22.4. The van der Waals surface area contributed by atoms with Crippen LogP contribution < -0.4 is 15.5 Å². The number of rotatable bonds is 6. The van der Waals surface area contributed by atoms with Crippen LogP contribution in [0.1, 0.15) is 12.0 Å². The van der Waals surface area contributed by atoms with Gasteiger partial charge in [-0.2, -0.15) is 18.3 Å². The summed E-state index contributed by atoms with van der Waals surface area (Å²) >= 11 is 0. The molecule has 2 N–H and O–H groups in total. The molecule has 1 fully saturated rings. The van der Waals surface area contributed by atoms with Crippen LogP contribution in [0.5, 0.6) is 0 Å². The van der Waals surface area contributed by atoms with Crippen LogP contribution >= 0.6 is 24.0 Å². The Morgan fingerprint density at radius 3 is 2.56 bits per heavy atom. The summed E-state index contributed by atoms with van der Waals surface area (Å²) in [6.07, 6.45) is 0.574. The fourth-order valence-corrected chi connectivity index (χ4v) is 3.18. The number of guanidine groups is 1. The predicted octanol–water partition coefficient (Wildman–Crippen LogP) is 2.18. The number of amides is 1. The van der Waals surface area contributed by atoms with Gasteiger partial charge in [-0.15, -0.1) is 24.0 Å². The number of aryl methyl sites for hydroxylation is 1. The Morgan fingerprint density at radius 1 is 1.22 bits per heavy atom. The summed E-state index contributed by atoms with van der Waals surface area (Å²) in [5, 5.41) is 10.3. The Bertz CT molecular complexity index is 916. The molecule has 0 saturated carbocycles. The van der Waals surface area contributed by atoms with E-state index in [9.17, 15) is 18.0 Å². The second-order valence-electron chi connectivity index (χ2n) is 7.02. The number of piperazine rings is 1.